The Bertz CT molecular complexity index is 560. The molecule has 0 radical (unpaired) electrons. The number of halogens is 1. The van der Waals surface area contributed by atoms with E-state index in [0.717, 1.165) is 5.56 Å². The Labute approximate surface area is 116 Å². The summed E-state index contributed by atoms with van der Waals surface area (Å²) in [5.74, 6) is 0.528. The Hall–Kier alpha value is -1.56. The lowest BCUT2D eigenvalue weighted by atomic mass is 9.78. The highest BCUT2D eigenvalue weighted by atomic mass is 35.5. The zero-order valence-electron chi connectivity index (χ0n) is 10.4. The van der Waals surface area contributed by atoms with Gasteiger partial charge in [0.1, 0.15) is 12.4 Å². The summed E-state index contributed by atoms with van der Waals surface area (Å²) in [6, 6.07) is 7.32. The molecule has 0 aliphatic carbocycles. The van der Waals surface area contributed by atoms with Gasteiger partial charge in [-0.15, -0.1) is 0 Å². The first-order chi connectivity index (χ1) is 9.08. The summed E-state index contributed by atoms with van der Waals surface area (Å²) in [5.41, 5.74) is 1.98. The van der Waals surface area contributed by atoms with E-state index in [9.17, 15) is 10.0 Å². The SMILES string of the molecule is Cc1c(OCc2ccc(Cl)cc2)cncc1B(O)O. The number of benzene rings is 1. The average molecular weight is 278 g/mol. The van der Waals surface area contributed by atoms with E-state index >= 15 is 0 Å². The minimum atomic E-state index is -1.55. The Morgan fingerprint density at radius 2 is 1.89 bits per heavy atom. The second kappa shape index (κ2) is 6.06. The second-order valence-electron chi connectivity index (χ2n) is 4.14. The molecule has 1 aromatic heterocycles. The molecule has 0 aliphatic heterocycles. The zero-order valence-corrected chi connectivity index (χ0v) is 11.1. The molecule has 4 nitrogen and oxygen atoms in total. The van der Waals surface area contributed by atoms with E-state index in [1.54, 1.807) is 25.3 Å². The third-order valence-electron chi connectivity index (χ3n) is 2.79. The van der Waals surface area contributed by atoms with Crippen molar-refractivity contribution >= 4 is 24.2 Å². The number of ether oxygens (including phenoxy) is 1. The van der Waals surface area contributed by atoms with Crippen molar-refractivity contribution in [1.29, 1.82) is 0 Å². The predicted molar refractivity (Wildman–Crippen MR) is 74.6 cm³/mol. The molecule has 2 rings (SSSR count). The topological polar surface area (TPSA) is 62.6 Å². The molecule has 0 aliphatic rings. The van der Waals surface area contributed by atoms with Crippen LogP contribution in [0.15, 0.2) is 36.7 Å². The van der Waals surface area contributed by atoms with E-state index in [2.05, 4.69) is 4.98 Å². The summed E-state index contributed by atoms with van der Waals surface area (Å²) in [6.07, 6.45) is 2.96. The molecule has 0 unspecified atom stereocenters. The van der Waals surface area contributed by atoms with Gasteiger partial charge in [0.2, 0.25) is 0 Å². The first-order valence-electron chi connectivity index (χ1n) is 5.76. The maximum Gasteiger partial charge on any atom is 0.490 e. The maximum absolute atomic E-state index is 9.19. The molecule has 0 saturated carbocycles. The van der Waals surface area contributed by atoms with E-state index in [1.165, 1.54) is 6.20 Å². The lowest BCUT2D eigenvalue weighted by Gasteiger charge is -2.11. The van der Waals surface area contributed by atoms with Crippen LogP contribution in [0.1, 0.15) is 11.1 Å². The van der Waals surface area contributed by atoms with Gasteiger partial charge in [0, 0.05) is 16.7 Å². The lowest BCUT2D eigenvalue weighted by Crippen LogP contribution is -2.32. The van der Waals surface area contributed by atoms with Crippen LogP contribution in [0, 0.1) is 6.92 Å². The normalized spacial score (nSPS) is 10.3. The first-order valence-corrected chi connectivity index (χ1v) is 6.13. The molecule has 1 aromatic carbocycles. The van der Waals surface area contributed by atoms with Crippen LogP contribution in [0.3, 0.4) is 0 Å². The van der Waals surface area contributed by atoms with E-state index in [4.69, 9.17) is 16.3 Å². The van der Waals surface area contributed by atoms with Crippen LogP contribution in [0.4, 0.5) is 0 Å². The predicted octanol–water partition coefficient (Wildman–Crippen LogP) is 1.30. The number of hydrogen-bond acceptors (Lipinski definition) is 4. The standard InChI is InChI=1S/C13H13BClNO3/c1-9-12(14(17)18)6-16-7-13(9)19-8-10-2-4-11(15)5-3-10/h2-7,17-18H,8H2,1H3. The van der Waals surface area contributed by atoms with Gasteiger partial charge in [-0.3, -0.25) is 4.98 Å². The van der Waals surface area contributed by atoms with Gasteiger partial charge < -0.3 is 14.8 Å². The van der Waals surface area contributed by atoms with Crippen LogP contribution in [0.5, 0.6) is 5.75 Å². The summed E-state index contributed by atoms with van der Waals surface area (Å²) in [4.78, 5) is 3.93. The van der Waals surface area contributed by atoms with Crippen molar-refractivity contribution in [2.75, 3.05) is 0 Å². The minimum Gasteiger partial charge on any atom is -0.487 e. The molecule has 0 amide bonds. The molecular formula is C13H13BClNO3. The Morgan fingerprint density at radius 3 is 2.53 bits per heavy atom. The number of aromatic nitrogens is 1. The zero-order chi connectivity index (χ0) is 13.8. The molecule has 1 heterocycles. The average Bonchev–Trinajstić information content (AvgIpc) is 2.39. The monoisotopic (exact) mass is 277 g/mol. The van der Waals surface area contributed by atoms with Crippen molar-refractivity contribution in [2.24, 2.45) is 0 Å². The van der Waals surface area contributed by atoms with Gasteiger partial charge in [0.25, 0.3) is 0 Å². The fourth-order valence-electron chi connectivity index (χ4n) is 1.67. The Kier molecular flexibility index (Phi) is 4.42. The van der Waals surface area contributed by atoms with Crippen molar-refractivity contribution in [3.05, 3.63) is 52.8 Å². The molecule has 0 bridgehead atoms. The molecule has 6 heteroatoms. The van der Waals surface area contributed by atoms with Gasteiger partial charge in [-0.1, -0.05) is 23.7 Å². The lowest BCUT2D eigenvalue weighted by molar-refractivity contribution is 0.303. The molecule has 98 valence electrons. The number of rotatable bonds is 4. The fraction of sp³-hybridized carbons (Fsp3) is 0.154. The van der Waals surface area contributed by atoms with Gasteiger partial charge >= 0.3 is 7.12 Å². The van der Waals surface area contributed by atoms with Crippen LogP contribution in [0.2, 0.25) is 5.02 Å². The van der Waals surface area contributed by atoms with Gasteiger partial charge in [0.15, 0.2) is 0 Å². The third-order valence-corrected chi connectivity index (χ3v) is 3.05. The van der Waals surface area contributed by atoms with Crippen LogP contribution < -0.4 is 10.2 Å². The summed E-state index contributed by atoms with van der Waals surface area (Å²) >= 11 is 5.80. The Morgan fingerprint density at radius 1 is 1.21 bits per heavy atom. The van der Waals surface area contributed by atoms with Crippen molar-refractivity contribution < 1.29 is 14.8 Å². The van der Waals surface area contributed by atoms with E-state index < -0.39 is 7.12 Å². The quantitative estimate of drug-likeness (QED) is 0.827. The molecule has 0 saturated heterocycles. The maximum atomic E-state index is 9.19. The van der Waals surface area contributed by atoms with E-state index in [0.29, 0.717) is 28.4 Å². The second-order valence-corrected chi connectivity index (χ2v) is 4.58. The Balaban J connectivity index is 2.11. The smallest absolute Gasteiger partial charge is 0.487 e. The minimum absolute atomic E-state index is 0.341. The van der Waals surface area contributed by atoms with E-state index in [-0.39, 0.29) is 0 Å². The molecule has 2 N–H and O–H groups in total. The molecular weight excluding hydrogens is 264 g/mol. The summed E-state index contributed by atoms with van der Waals surface area (Å²) in [5, 5.41) is 19.1. The fourth-order valence-corrected chi connectivity index (χ4v) is 1.79. The molecule has 0 fully saturated rings. The third kappa shape index (κ3) is 3.47. The van der Waals surface area contributed by atoms with Crippen molar-refractivity contribution in [2.45, 2.75) is 13.5 Å². The highest BCUT2D eigenvalue weighted by molar-refractivity contribution is 6.59. The van der Waals surface area contributed by atoms with Crippen LogP contribution in [-0.4, -0.2) is 22.2 Å². The highest BCUT2D eigenvalue weighted by Crippen LogP contribution is 2.16. The highest BCUT2D eigenvalue weighted by Gasteiger charge is 2.17. The number of pyridine rings is 1. The summed E-state index contributed by atoms with van der Waals surface area (Å²) in [7, 11) is -1.55. The molecule has 0 spiro atoms. The van der Waals surface area contributed by atoms with Crippen molar-refractivity contribution in [1.82, 2.24) is 4.98 Å². The summed E-state index contributed by atoms with van der Waals surface area (Å²) < 4.78 is 5.63. The molecule has 2 aromatic rings. The number of nitrogens with zero attached hydrogens (tertiary/aromatic N) is 1. The largest absolute Gasteiger partial charge is 0.490 e. The van der Waals surface area contributed by atoms with Crippen LogP contribution >= 0.6 is 11.6 Å². The van der Waals surface area contributed by atoms with Crippen molar-refractivity contribution in [3.63, 3.8) is 0 Å². The molecule has 0 atom stereocenters. The van der Waals surface area contributed by atoms with Gasteiger partial charge in [-0.05, 0) is 30.2 Å². The summed E-state index contributed by atoms with van der Waals surface area (Å²) in [6.45, 7) is 2.12. The van der Waals surface area contributed by atoms with E-state index in [1.807, 2.05) is 12.1 Å². The first kappa shape index (κ1) is 13.9. The van der Waals surface area contributed by atoms with Gasteiger partial charge in [0.05, 0.1) is 6.20 Å². The van der Waals surface area contributed by atoms with Crippen molar-refractivity contribution in [3.8, 4) is 5.75 Å². The van der Waals surface area contributed by atoms with Gasteiger partial charge in [-0.25, -0.2) is 0 Å². The van der Waals surface area contributed by atoms with Gasteiger partial charge in [-0.2, -0.15) is 0 Å². The number of hydrogen-bond donors (Lipinski definition) is 2. The van der Waals surface area contributed by atoms with Crippen LogP contribution in [-0.2, 0) is 6.61 Å². The molecule has 19 heavy (non-hydrogen) atoms. The van der Waals surface area contributed by atoms with Crippen LogP contribution in [0.25, 0.3) is 0 Å².